The highest BCUT2D eigenvalue weighted by Gasteiger charge is 2.11. The van der Waals surface area contributed by atoms with Gasteiger partial charge in [0.15, 0.2) is 0 Å². The van der Waals surface area contributed by atoms with Gasteiger partial charge in [-0.1, -0.05) is 0 Å². The van der Waals surface area contributed by atoms with E-state index in [0.29, 0.717) is 0 Å². The third-order valence-corrected chi connectivity index (χ3v) is 0.647. The normalized spacial score (nSPS) is 15.0. The van der Waals surface area contributed by atoms with Crippen LogP contribution in [0.25, 0.3) is 0 Å². The molecule has 0 aliphatic carbocycles. The maximum Gasteiger partial charge on any atom is 0.239 e. The first-order chi connectivity index (χ1) is 3.18. The topological polar surface area (TPSA) is 77.3 Å². The molecule has 0 saturated heterocycles. The van der Waals surface area contributed by atoms with Crippen molar-refractivity contribution in [1.82, 2.24) is 0 Å². The Kier molecular flexibility index (Phi) is 2.86. The number of nitrogens with two attached hydrogens (primary N) is 1. The van der Waals surface area contributed by atoms with E-state index in [2.05, 4.69) is 0 Å². The molecule has 0 radical (unpaired) electrons. The smallest absolute Gasteiger partial charge is 0.239 e. The lowest BCUT2D eigenvalue weighted by Gasteiger charge is -2.05. The Morgan fingerprint density at radius 3 is 1.71 bits per heavy atom. The molecule has 0 bridgehead atoms. The molecule has 44 valence electrons. The average Bonchev–Trinajstić information content (AvgIpc) is 1.65. The van der Waals surface area contributed by atoms with E-state index in [-0.39, 0.29) is 0 Å². The summed E-state index contributed by atoms with van der Waals surface area (Å²) in [7, 11) is 1.55. The van der Waals surface area contributed by atoms with Crippen LogP contribution in [0.5, 0.6) is 0 Å². The van der Waals surface area contributed by atoms with E-state index in [1.165, 1.54) is 5.32 Å². The Balaban J connectivity index is 3.14. The van der Waals surface area contributed by atoms with Crippen LogP contribution >= 0.6 is 0 Å². The molecule has 0 spiro atoms. The van der Waals surface area contributed by atoms with Gasteiger partial charge in [-0.2, -0.15) is 0 Å². The summed E-state index contributed by atoms with van der Waals surface area (Å²) in [6.07, 6.45) is -2.75. The van der Waals surface area contributed by atoms with Crippen LogP contribution in [0.4, 0.5) is 0 Å². The Morgan fingerprint density at radius 2 is 1.71 bits per heavy atom. The monoisotopic (exact) mass is 108 g/mol. The van der Waals surface area contributed by atoms with E-state index < -0.39 is 12.5 Å². The minimum Gasteiger partial charge on any atom is -0.361 e. The molecule has 0 aromatic carbocycles. The van der Waals surface area contributed by atoms with Gasteiger partial charge in [-0.3, -0.25) is 0 Å². The standard InChI is InChI=1S/C3H9NO3/c1-4-2(5)3(6)7/h2-7H,1H3/p+1. The lowest BCUT2D eigenvalue weighted by molar-refractivity contribution is -0.716. The molecule has 4 heteroatoms. The average molecular weight is 108 g/mol. The van der Waals surface area contributed by atoms with Gasteiger partial charge in [0.25, 0.3) is 0 Å². The molecule has 0 aliphatic heterocycles. The van der Waals surface area contributed by atoms with Crippen LogP contribution in [0.2, 0.25) is 0 Å². The van der Waals surface area contributed by atoms with Gasteiger partial charge in [-0.25, -0.2) is 0 Å². The second kappa shape index (κ2) is 2.92. The van der Waals surface area contributed by atoms with Gasteiger partial charge in [0, 0.05) is 0 Å². The van der Waals surface area contributed by atoms with Crippen molar-refractivity contribution < 1.29 is 20.6 Å². The van der Waals surface area contributed by atoms with Crippen molar-refractivity contribution in [3.63, 3.8) is 0 Å². The molecule has 7 heavy (non-hydrogen) atoms. The molecule has 4 nitrogen and oxygen atoms in total. The Hall–Kier alpha value is -0.160. The molecule has 0 fully saturated rings. The van der Waals surface area contributed by atoms with E-state index in [1.807, 2.05) is 0 Å². The maximum atomic E-state index is 8.38. The minimum absolute atomic E-state index is 1.11. The van der Waals surface area contributed by atoms with Crippen LogP contribution in [0.15, 0.2) is 0 Å². The Labute approximate surface area is 41.4 Å². The Morgan fingerprint density at radius 1 is 1.29 bits per heavy atom. The Bertz CT molecular complexity index is 47.4. The SMILES string of the molecule is C[NH2+]C(O)C(O)O. The van der Waals surface area contributed by atoms with Crippen LogP contribution in [0, 0.1) is 0 Å². The van der Waals surface area contributed by atoms with E-state index >= 15 is 0 Å². The molecule has 0 saturated carbocycles. The number of aliphatic hydroxyl groups excluding tert-OH is 2. The van der Waals surface area contributed by atoms with Crippen LogP contribution in [-0.4, -0.2) is 34.9 Å². The van der Waals surface area contributed by atoms with Crippen molar-refractivity contribution in [3.8, 4) is 0 Å². The summed E-state index contributed by atoms with van der Waals surface area (Å²) in [6.45, 7) is 0. The van der Waals surface area contributed by atoms with E-state index in [0.717, 1.165) is 0 Å². The van der Waals surface area contributed by atoms with Crippen LogP contribution in [0.3, 0.4) is 0 Å². The van der Waals surface area contributed by atoms with Gasteiger partial charge in [-0.05, 0) is 0 Å². The molecule has 5 N–H and O–H groups in total. The zero-order chi connectivity index (χ0) is 5.86. The largest absolute Gasteiger partial charge is 0.361 e. The first kappa shape index (κ1) is 6.84. The number of hydrogen-bond donors (Lipinski definition) is 4. The molecule has 0 aromatic heterocycles. The predicted molar refractivity (Wildman–Crippen MR) is 22.1 cm³/mol. The fourth-order valence-electron chi connectivity index (χ4n) is 0.172. The van der Waals surface area contributed by atoms with E-state index in [4.69, 9.17) is 15.3 Å². The summed E-state index contributed by atoms with van der Waals surface area (Å²) in [5.74, 6) is 0. The predicted octanol–water partition coefficient (Wildman–Crippen LogP) is -3.19. The van der Waals surface area contributed by atoms with Gasteiger partial charge < -0.3 is 20.6 Å². The molecule has 0 aromatic rings. The zero-order valence-corrected chi connectivity index (χ0v) is 4.07. The quantitative estimate of drug-likeness (QED) is 0.281. The molecule has 1 unspecified atom stereocenters. The number of rotatable bonds is 2. The van der Waals surface area contributed by atoms with Gasteiger partial charge in [0.05, 0.1) is 7.05 Å². The van der Waals surface area contributed by atoms with Crippen molar-refractivity contribution in [2.24, 2.45) is 0 Å². The van der Waals surface area contributed by atoms with Crippen molar-refractivity contribution in [2.45, 2.75) is 12.5 Å². The number of quaternary nitrogens is 1. The van der Waals surface area contributed by atoms with Gasteiger partial charge in [0.1, 0.15) is 0 Å². The van der Waals surface area contributed by atoms with E-state index in [9.17, 15) is 0 Å². The van der Waals surface area contributed by atoms with Crippen molar-refractivity contribution in [2.75, 3.05) is 7.05 Å². The van der Waals surface area contributed by atoms with Crippen LogP contribution in [0.1, 0.15) is 0 Å². The fourth-order valence-corrected chi connectivity index (χ4v) is 0.172. The molecular formula is C3H10NO3+. The third-order valence-electron chi connectivity index (χ3n) is 0.647. The van der Waals surface area contributed by atoms with Crippen LogP contribution < -0.4 is 5.32 Å². The summed E-state index contributed by atoms with van der Waals surface area (Å²) in [4.78, 5) is 0. The van der Waals surface area contributed by atoms with Crippen LogP contribution in [-0.2, 0) is 0 Å². The maximum absolute atomic E-state index is 8.38. The van der Waals surface area contributed by atoms with Crippen molar-refractivity contribution >= 4 is 0 Å². The second-order valence-corrected chi connectivity index (χ2v) is 1.24. The van der Waals surface area contributed by atoms with Crippen molar-refractivity contribution in [1.29, 1.82) is 0 Å². The highest BCUT2D eigenvalue weighted by molar-refractivity contribution is 4.30. The molecule has 1 atom stereocenters. The minimum atomic E-state index is -1.63. The number of likely N-dealkylation sites (N-methyl/N-ethyl adjacent to an activating group) is 1. The summed E-state index contributed by atoms with van der Waals surface area (Å²) in [5, 5.41) is 25.9. The first-order valence-corrected chi connectivity index (χ1v) is 2.02. The van der Waals surface area contributed by atoms with Crippen molar-refractivity contribution in [3.05, 3.63) is 0 Å². The second-order valence-electron chi connectivity index (χ2n) is 1.24. The fraction of sp³-hybridized carbons (Fsp3) is 1.00. The summed E-state index contributed by atoms with van der Waals surface area (Å²) >= 11 is 0. The zero-order valence-electron chi connectivity index (χ0n) is 4.07. The number of aliphatic hydroxyl groups is 3. The molecule has 0 rings (SSSR count). The summed E-state index contributed by atoms with van der Waals surface area (Å²) < 4.78 is 0. The van der Waals surface area contributed by atoms with Gasteiger partial charge >= 0.3 is 0 Å². The van der Waals surface area contributed by atoms with E-state index in [1.54, 1.807) is 7.05 Å². The third kappa shape index (κ3) is 2.52. The highest BCUT2D eigenvalue weighted by Crippen LogP contribution is 1.71. The van der Waals surface area contributed by atoms with Gasteiger partial charge in [-0.15, -0.1) is 0 Å². The lowest BCUT2D eigenvalue weighted by atomic mass is 10.6. The molecule has 0 heterocycles. The summed E-state index contributed by atoms with van der Waals surface area (Å²) in [6, 6.07) is 0. The molecule has 0 amide bonds. The molecular weight excluding hydrogens is 98.0 g/mol. The lowest BCUT2D eigenvalue weighted by Crippen LogP contribution is -2.89. The molecule has 0 aliphatic rings. The number of hydrogen-bond acceptors (Lipinski definition) is 3. The van der Waals surface area contributed by atoms with Gasteiger partial charge in [0.2, 0.25) is 12.5 Å². The first-order valence-electron chi connectivity index (χ1n) is 2.02. The summed E-state index contributed by atoms with van der Waals surface area (Å²) in [5.41, 5.74) is 0. The highest BCUT2D eigenvalue weighted by atomic mass is 16.5.